The van der Waals surface area contributed by atoms with Crippen LogP contribution in [0.15, 0.2) is 25.3 Å². The lowest BCUT2D eigenvalue weighted by atomic mass is 9.83. The second kappa shape index (κ2) is 5.57. The molecule has 1 N–H and O–H groups in total. The van der Waals surface area contributed by atoms with Gasteiger partial charge in [-0.05, 0) is 6.42 Å². The first-order chi connectivity index (χ1) is 6.13. The highest BCUT2D eigenvalue weighted by Crippen LogP contribution is 2.28. The number of unbranched alkanes of at least 4 members (excludes halogenated alkanes) is 2. The molecular weight excluding hydrogens is 164 g/mol. The Morgan fingerprint density at radius 3 is 2.23 bits per heavy atom. The molecule has 0 aromatic carbocycles. The van der Waals surface area contributed by atoms with Gasteiger partial charge in [-0.1, -0.05) is 38.3 Å². The van der Waals surface area contributed by atoms with Crippen LogP contribution in [0.1, 0.15) is 32.6 Å². The summed E-state index contributed by atoms with van der Waals surface area (Å²) in [5.41, 5.74) is -0.921. The van der Waals surface area contributed by atoms with Crippen LogP contribution in [-0.2, 0) is 4.79 Å². The van der Waals surface area contributed by atoms with E-state index in [0.717, 1.165) is 19.3 Å². The summed E-state index contributed by atoms with van der Waals surface area (Å²) < 4.78 is 0. The molecule has 0 amide bonds. The molecule has 0 bridgehead atoms. The van der Waals surface area contributed by atoms with Crippen molar-refractivity contribution in [2.75, 3.05) is 0 Å². The van der Waals surface area contributed by atoms with Crippen LogP contribution in [0.2, 0.25) is 0 Å². The number of rotatable bonds is 7. The minimum atomic E-state index is -0.921. The van der Waals surface area contributed by atoms with Crippen molar-refractivity contribution in [1.29, 1.82) is 0 Å². The van der Waals surface area contributed by atoms with Gasteiger partial charge in [0.05, 0.1) is 0 Å². The molecule has 0 saturated heterocycles. The summed E-state index contributed by atoms with van der Waals surface area (Å²) in [5.74, 6) is -0.853. The van der Waals surface area contributed by atoms with Gasteiger partial charge in [-0.15, -0.1) is 13.2 Å². The fourth-order valence-corrected chi connectivity index (χ4v) is 1.24. The van der Waals surface area contributed by atoms with Crippen molar-refractivity contribution in [3.05, 3.63) is 25.3 Å². The molecule has 0 aliphatic rings. The number of hydrogen-bond donors (Lipinski definition) is 1. The molecule has 0 aliphatic carbocycles. The first kappa shape index (κ1) is 11.9. The van der Waals surface area contributed by atoms with Crippen molar-refractivity contribution in [2.45, 2.75) is 32.6 Å². The number of aliphatic carboxylic acids is 1. The third kappa shape index (κ3) is 3.05. The number of carboxylic acid groups (broad SMARTS) is 1. The standard InChI is InChI=1S/C11H18O2/c1-4-7-8-9-11(5-2,6-3)10(12)13/h5-6H,2-4,7-9H2,1H3,(H,12,13). The predicted molar refractivity (Wildman–Crippen MR) is 54.6 cm³/mol. The number of hydrogen-bond acceptors (Lipinski definition) is 1. The molecule has 0 spiro atoms. The van der Waals surface area contributed by atoms with Gasteiger partial charge in [-0.3, -0.25) is 4.79 Å². The molecule has 0 aliphatic heterocycles. The van der Waals surface area contributed by atoms with E-state index in [1.54, 1.807) is 0 Å². The third-order valence-corrected chi connectivity index (χ3v) is 2.32. The second-order valence-corrected chi connectivity index (χ2v) is 3.21. The summed E-state index contributed by atoms with van der Waals surface area (Å²) in [5, 5.41) is 8.98. The zero-order valence-corrected chi connectivity index (χ0v) is 8.25. The Morgan fingerprint density at radius 2 is 1.92 bits per heavy atom. The van der Waals surface area contributed by atoms with Crippen molar-refractivity contribution in [3.63, 3.8) is 0 Å². The Balaban J connectivity index is 4.31. The Hall–Kier alpha value is -1.05. The first-order valence-electron chi connectivity index (χ1n) is 4.63. The summed E-state index contributed by atoms with van der Waals surface area (Å²) in [4.78, 5) is 10.9. The first-order valence-corrected chi connectivity index (χ1v) is 4.63. The lowest BCUT2D eigenvalue weighted by Gasteiger charge is -2.20. The molecule has 2 heteroatoms. The SMILES string of the molecule is C=CC(C=C)(CCCCC)C(=O)O. The minimum Gasteiger partial charge on any atom is -0.480 e. The maximum Gasteiger partial charge on any atom is 0.317 e. The van der Waals surface area contributed by atoms with Crippen LogP contribution < -0.4 is 0 Å². The molecule has 13 heavy (non-hydrogen) atoms. The van der Waals surface area contributed by atoms with Gasteiger partial charge in [0.15, 0.2) is 0 Å². The van der Waals surface area contributed by atoms with E-state index < -0.39 is 11.4 Å². The minimum absolute atomic E-state index is 0.600. The van der Waals surface area contributed by atoms with Gasteiger partial charge >= 0.3 is 5.97 Å². The molecule has 0 radical (unpaired) electrons. The van der Waals surface area contributed by atoms with Crippen LogP contribution >= 0.6 is 0 Å². The van der Waals surface area contributed by atoms with Crippen molar-refractivity contribution >= 4 is 5.97 Å². The van der Waals surface area contributed by atoms with Gasteiger partial charge in [0.1, 0.15) is 5.41 Å². The molecular formula is C11H18O2. The highest BCUT2D eigenvalue weighted by atomic mass is 16.4. The van der Waals surface area contributed by atoms with Gasteiger partial charge in [0, 0.05) is 0 Å². The van der Waals surface area contributed by atoms with Crippen molar-refractivity contribution in [1.82, 2.24) is 0 Å². The van der Waals surface area contributed by atoms with E-state index in [-0.39, 0.29) is 0 Å². The molecule has 0 aromatic heterocycles. The van der Waals surface area contributed by atoms with Gasteiger partial charge in [-0.2, -0.15) is 0 Å². The molecule has 0 atom stereocenters. The van der Waals surface area contributed by atoms with E-state index in [4.69, 9.17) is 5.11 Å². The van der Waals surface area contributed by atoms with E-state index in [1.807, 2.05) is 0 Å². The molecule has 0 rings (SSSR count). The molecule has 0 unspecified atom stereocenters. The summed E-state index contributed by atoms with van der Waals surface area (Å²) >= 11 is 0. The van der Waals surface area contributed by atoms with Crippen LogP contribution in [0.25, 0.3) is 0 Å². The van der Waals surface area contributed by atoms with Gasteiger partial charge in [-0.25, -0.2) is 0 Å². The lowest BCUT2D eigenvalue weighted by molar-refractivity contribution is -0.143. The highest BCUT2D eigenvalue weighted by Gasteiger charge is 2.30. The van der Waals surface area contributed by atoms with Crippen molar-refractivity contribution < 1.29 is 9.90 Å². The van der Waals surface area contributed by atoms with Gasteiger partial charge in [0.25, 0.3) is 0 Å². The van der Waals surface area contributed by atoms with Gasteiger partial charge in [0.2, 0.25) is 0 Å². The van der Waals surface area contributed by atoms with E-state index in [1.165, 1.54) is 12.2 Å². The maximum absolute atomic E-state index is 10.9. The maximum atomic E-state index is 10.9. The zero-order chi connectivity index (χ0) is 10.3. The summed E-state index contributed by atoms with van der Waals surface area (Å²) in [6.07, 6.45) is 6.58. The lowest BCUT2D eigenvalue weighted by Crippen LogP contribution is -2.25. The normalized spacial score (nSPS) is 10.8. The summed E-state index contributed by atoms with van der Waals surface area (Å²) in [6, 6.07) is 0. The van der Waals surface area contributed by atoms with Crippen LogP contribution in [0.4, 0.5) is 0 Å². The molecule has 74 valence electrons. The second-order valence-electron chi connectivity index (χ2n) is 3.21. The summed E-state index contributed by atoms with van der Waals surface area (Å²) in [7, 11) is 0. The largest absolute Gasteiger partial charge is 0.480 e. The zero-order valence-electron chi connectivity index (χ0n) is 8.25. The molecule has 0 saturated carbocycles. The topological polar surface area (TPSA) is 37.3 Å². The third-order valence-electron chi connectivity index (χ3n) is 2.32. The summed E-state index contributed by atoms with van der Waals surface area (Å²) in [6.45, 7) is 9.19. The molecule has 0 aromatic rings. The molecule has 0 fully saturated rings. The fraction of sp³-hybridized carbons (Fsp3) is 0.545. The quantitative estimate of drug-likeness (QED) is 0.485. The molecule has 0 heterocycles. The van der Waals surface area contributed by atoms with Crippen LogP contribution in [0, 0.1) is 5.41 Å². The van der Waals surface area contributed by atoms with Crippen LogP contribution in [0.5, 0.6) is 0 Å². The van der Waals surface area contributed by atoms with E-state index in [2.05, 4.69) is 20.1 Å². The van der Waals surface area contributed by atoms with Crippen LogP contribution in [-0.4, -0.2) is 11.1 Å². The van der Waals surface area contributed by atoms with E-state index in [0.29, 0.717) is 6.42 Å². The van der Waals surface area contributed by atoms with Crippen LogP contribution in [0.3, 0.4) is 0 Å². The number of carboxylic acids is 1. The molecule has 2 nitrogen and oxygen atoms in total. The predicted octanol–water partition coefficient (Wildman–Crippen LogP) is 3.01. The number of carbonyl (C=O) groups is 1. The van der Waals surface area contributed by atoms with Crippen molar-refractivity contribution in [2.24, 2.45) is 5.41 Å². The van der Waals surface area contributed by atoms with Gasteiger partial charge < -0.3 is 5.11 Å². The average molecular weight is 182 g/mol. The Labute approximate surface area is 80.0 Å². The fourth-order valence-electron chi connectivity index (χ4n) is 1.24. The highest BCUT2D eigenvalue weighted by molar-refractivity contribution is 5.79. The van der Waals surface area contributed by atoms with E-state index >= 15 is 0 Å². The Kier molecular flexibility index (Phi) is 5.12. The Morgan fingerprint density at radius 1 is 1.38 bits per heavy atom. The average Bonchev–Trinajstić information content (AvgIpc) is 2.13. The Bertz CT molecular complexity index is 186. The van der Waals surface area contributed by atoms with E-state index in [9.17, 15) is 4.79 Å². The van der Waals surface area contributed by atoms with Crippen molar-refractivity contribution in [3.8, 4) is 0 Å². The monoisotopic (exact) mass is 182 g/mol. The smallest absolute Gasteiger partial charge is 0.317 e.